The Kier molecular flexibility index (Phi) is 8.53. The van der Waals surface area contributed by atoms with Gasteiger partial charge in [-0.25, -0.2) is 0 Å². The fraction of sp³-hybridized carbons (Fsp3) is 1.00. The summed E-state index contributed by atoms with van der Waals surface area (Å²) in [5.74, 6) is 0.701. The molecular formula is C12H26O. The number of rotatable bonds is 8. The molecule has 0 aliphatic heterocycles. The van der Waals surface area contributed by atoms with E-state index >= 15 is 0 Å². The van der Waals surface area contributed by atoms with E-state index in [1.165, 1.54) is 32.1 Å². The first-order chi connectivity index (χ1) is 6.20. The molecule has 0 spiro atoms. The summed E-state index contributed by atoms with van der Waals surface area (Å²) < 4.78 is 0. The molecular weight excluding hydrogens is 160 g/mol. The third kappa shape index (κ3) is 8.29. The molecule has 0 radical (unpaired) electrons. The van der Waals surface area contributed by atoms with Crippen LogP contribution < -0.4 is 0 Å². The Balaban J connectivity index is 3.35. The monoisotopic (exact) mass is 186 g/mol. The van der Waals surface area contributed by atoms with Crippen LogP contribution >= 0.6 is 0 Å². The van der Waals surface area contributed by atoms with Crippen molar-refractivity contribution in [2.24, 2.45) is 5.92 Å². The molecule has 0 rings (SSSR count). The van der Waals surface area contributed by atoms with Crippen LogP contribution in [0.1, 0.15) is 65.7 Å². The van der Waals surface area contributed by atoms with Gasteiger partial charge in [-0.3, -0.25) is 0 Å². The number of hydrogen-bond acceptors (Lipinski definition) is 1. The van der Waals surface area contributed by atoms with E-state index < -0.39 is 0 Å². The van der Waals surface area contributed by atoms with E-state index in [9.17, 15) is 5.11 Å². The van der Waals surface area contributed by atoms with E-state index in [0.29, 0.717) is 5.92 Å². The fourth-order valence-corrected chi connectivity index (χ4v) is 1.69. The molecule has 0 aliphatic carbocycles. The molecule has 0 aromatic carbocycles. The second-order valence-corrected chi connectivity index (χ2v) is 4.28. The van der Waals surface area contributed by atoms with Crippen molar-refractivity contribution in [3.05, 3.63) is 0 Å². The quantitative estimate of drug-likeness (QED) is 0.612. The Morgan fingerprint density at radius 2 is 1.54 bits per heavy atom. The van der Waals surface area contributed by atoms with Crippen molar-refractivity contribution in [3.8, 4) is 0 Å². The molecule has 0 bridgehead atoms. The molecule has 80 valence electrons. The van der Waals surface area contributed by atoms with E-state index in [0.717, 1.165) is 12.8 Å². The lowest BCUT2D eigenvalue weighted by Gasteiger charge is -2.15. The van der Waals surface area contributed by atoms with E-state index in [1.807, 2.05) is 0 Å². The molecule has 0 saturated carbocycles. The van der Waals surface area contributed by atoms with E-state index in [4.69, 9.17) is 0 Å². The van der Waals surface area contributed by atoms with Crippen LogP contribution in [-0.4, -0.2) is 11.2 Å². The lowest BCUT2D eigenvalue weighted by Crippen LogP contribution is -2.11. The summed E-state index contributed by atoms with van der Waals surface area (Å²) in [7, 11) is 0. The molecule has 0 unspecified atom stereocenters. The second kappa shape index (κ2) is 8.55. The third-order valence-electron chi connectivity index (χ3n) is 2.62. The predicted octanol–water partition coefficient (Wildman–Crippen LogP) is 3.75. The van der Waals surface area contributed by atoms with Crippen molar-refractivity contribution < 1.29 is 5.11 Å². The maximum atomic E-state index is 9.65. The molecule has 0 heterocycles. The fourth-order valence-electron chi connectivity index (χ4n) is 1.69. The SMILES string of the molecule is CCCC[C@H](C)C[C@@H](O)CCCC. The average molecular weight is 186 g/mol. The highest BCUT2D eigenvalue weighted by atomic mass is 16.3. The summed E-state index contributed by atoms with van der Waals surface area (Å²) in [6, 6.07) is 0. The Labute approximate surface area is 83.5 Å². The zero-order valence-electron chi connectivity index (χ0n) is 9.55. The number of aliphatic hydroxyl groups is 1. The van der Waals surface area contributed by atoms with Crippen molar-refractivity contribution in [2.75, 3.05) is 0 Å². The summed E-state index contributed by atoms with van der Waals surface area (Å²) >= 11 is 0. The van der Waals surface area contributed by atoms with Gasteiger partial charge < -0.3 is 5.11 Å². The lowest BCUT2D eigenvalue weighted by molar-refractivity contribution is 0.131. The molecule has 2 atom stereocenters. The summed E-state index contributed by atoms with van der Waals surface area (Å²) in [6.45, 7) is 6.65. The number of hydrogen-bond donors (Lipinski definition) is 1. The van der Waals surface area contributed by atoms with Crippen molar-refractivity contribution in [3.63, 3.8) is 0 Å². The van der Waals surface area contributed by atoms with Gasteiger partial charge in [-0.1, -0.05) is 52.9 Å². The van der Waals surface area contributed by atoms with Gasteiger partial charge in [-0.05, 0) is 18.8 Å². The van der Waals surface area contributed by atoms with Crippen molar-refractivity contribution >= 4 is 0 Å². The first-order valence-electron chi connectivity index (χ1n) is 5.88. The minimum absolute atomic E-state index is 0.0493. The van der Waals surface area contributed by atoms with Gasteiger partial charge in [0.2, 0.25) is 0 Å². The summed E-state index contributed by atoms with van der Waals surface area (Å²) in [6.07, 6.45) is 8.16. The largest absolute Gasteiger partial charge is 0.393 e. The van der Waals surface area contributed by atoms with Gasteiger partial charge in [0.25, 0.3) is 0 Å². The Morgan fingerprint density at radius 3 is 2.08 bits per heavy atom. The Hall–Kier alpha value is -0.0400. The number of aliphatic hydroxyl groups excluding tert-OH is 1. The van der Waals surface area contributed by atoms with Gasteiger partial charge in [0.05, 0.1) is 6.10 Å². The zero-order valence-corrected chi connectivity index (χ0v) is 9.55. The van der Waals surface area contributed by atoms with Crippen LogP contribution in [0.4, 0.5) is 0 Å². The van der Waals surface area contributed by atoms with Crippen molar-refractivity contribution in [1.82, 2.24) is 0 Å². The van der Waals surface area contributed by atoms with Crippen LogP contribution in [-0.2, 0) is 0 Å². The maximum Gasteiger partial charge on any atom is 0.0542 e. The first kappa shape index (κ1) is 13.0. The number of unbranched alkanes of at least 4 members (excludes halogenated alkanes) is 2. The van der Waals surface area contributed by atoms with Gasteiger partial charge in [0.1, 0.15) is 0 Å². The highest BCUT2D eigenvalue weighted by Crippen LogP contribution is 2.16. The molecule has 0 amide bonds. The summed E-state index contributed by atoms with van der Waals surface area (Å²) in [5.41, 5.74) is 0. The van der Waals surface area contributed by atoms with Crippen LogP contribution in [0.15, 0.2) is 0 Å². The van der Waals surface area contributed by atoms with Gasteiger partial charge in [0.15, 0.2) is 0 Å². The van der Waals surface area contributed by atoms with Crippen LogP contribution in [0, 0.1) is 5.92 Å². The Bertz CT molecular complexity index is 89.3. The second-order valence-electron chi connectivity index (χ2n) is 4.28. The van der Waals surface area contributed by atoms with Crippen LogP contribution in [0.5, 0.6) is 0 Å². The van der Waals surface area contributed by atoms with Gasteiger partial charge in [-0.2, -0.15) is 0 Å². The molecule has 0 aliphatic rings. The van der Waals surface area contributed by atoms with E-state index in [1.54, 1.807) is 0 Å². The molecule has 13 heavy (non-hydrogen) atoms. The Morgan fingerprint density at radius 1 is 1.00 bits per heavy atom. The summed E-state index contributed by atoms with van der Waals surface area (Å²) in [4.78, 5) is 0. The van der Waals surface area contributed by atoms with Gasteiger partial charge in [0, 0.05) is 0 Å². The molecule has 1 N–H and O–H groups in total. The van der Waals surface area contributed by atoms with Crippen molar-refractivity contribution in [2.45, 2.75) is 71.8 Å². The smallest absolute Gasteiger partial charge is 0.0542 e. The lowest BCUT2D eigenvalue weighted by atomic mass is 9.95. The highest BCUT2D eigenvalue weighted by Gasteiger charge is 2.08. The molecule has 1 heteroatoms. The maximum absolute atomic E-state index is 9.65. The normalized spacial score (nSPS) is 15.7. The minimum Gasteiger partial charge on any atom is -0.393 e. The molecule has 1 nitrogen and oxygen atoms in total. The average Bonchev–Trinajstić information content (AvgIpc) is 2.11. The first-order valence-corrected chi connectivity index (χ1v) is 5.88. The molecule has 0 aromatic rings. The van der Waals surface area contributed by atoms with Gasteiger partial charge in [-0.15, -0.1) is 0 Å². The minimum atomic E-state index is -0.0493. The van der Waals surface area contributed by atoms with Crippen LogP contribution in [0.25, 0.3) is 0 Å². The van der Waals surface area contributed by atoms with Gasteiger partial charge >= 0.3 is 0 Å². The molecule has 0 aromatic heterocycles. The predicted molar refractivity (Wildman–Crippen MR) is 58.8 cm³/mol. The molecule has 0 fully saturated rings. The molecule has 0 saturated heterocycles. The van der Waals surface area contributed by atoms with Crippen LogP contribution in [0.3, 0.4) is 0 Å². The van der Waals surface area contributed by atoms with Crippen LogP contribution in [0.2, 0.25) is 0 Å². The highest BCUT2D eigenvalue weighted by molar-refractivity contribution is 4.61. The third-order valence-corrected chi connectivity index (χ3v) is 2.62. The van der Waals surface area contributed by atoms with E-state index in [2.05, 4.69) is 20.8 Å². The zero-order chi connectivity index (χ0) is 10.1. The van der Waals surface area contributed by atoms with Crippen molar-refractivity contribution in [1.29, 1.82) is 0 Å². The topological polar surface area (TPSA) is 20.2 Å². The van der Waals surface area contributed by atoms with E-state index in [-0.39, 0.29) is 6.10 Å². The summed E-state index contributed by atoms with van der Waals surface area (Å²) in [5, 5.41) is 9.65. The standard InChI is InChI=1S/C12H26O/c1-4-6-8-11(3)10-12(13)9-7-5-2/h11-13H,4-10H2,1-3H3/t11-,12-/m0/s1.